The molecular weight excluding hydrogens is 300 g/mol. The first-order valence-corrected chi connectivity index (χ1v) is 8.48. The molecular formula is C20H20N2O2. The van der Waals surface area contributed by atoms with Gasteiger partial charge < -0.3 is 10.4 Å². The largest absolute Gasteiger partial charge is 0.393 e. The van der Waals surface area contributed by atoms with Gasteiger partial charge in [0.25, 0.3) is 5.91 Å². The fraction of sp³-hybridized carbons (Fsp3) is 0.300. The zero-order valence-electron chi connectivity index (χ0n) is 13.4. The first-order chi connectivity index (χ1) is 11.7. The number of carbonyl (C=O) groups excluding carboxylic acids is 1. The van der Waals surface area contributed by atoms with E-state index in [9.17, 15) is 9.90 Å². The van der Waals surface area contributed by atoms with Gasteiger partial charge in [0, 0.05) is 17.6 Å². The minimum Gasteiger partial charge on any atom is -0.393 e. The second-order valence-electron chi connectivity index (χ2n) is 6.52. The predicted octanol–water partition coefficient (Wildman–Crippen LogP) is 3.42. The van der Waals surface area contributed by atoms with E-state index in [0.29, 0.717) is 5.56 Å². The van der Waals surface area contributed by atoms with Crippen LogP contribution >= 0.6 is 0 Å². The van der Waals surface area contributed by atoms with Crippen molar-refractivity contribution in [2.24, 2.45) is 0 Å². The van der Waals surface area contributed by atoms with Crippen molar-refractivity contribution in [2.45, 2.75) is 37.8 Å². The van der Waals surface area contributed by atoms with Gasteiger partial charge in [0.2, 0.25) is 0 Å². The summed E-state index contributed by atoms with van der Waals surface area (Å²) < 4.78 is 0. The lowest BCUT2D eigenvalue weighted by Gasteiger charge is -2.26. The third-order valence-corrected chi connectivity index (χ3v) is 4.89. The molecule has 4 heteroatoms. The number of pyridine rings is 1. The molecule has 1 aliphatic rings. The smallest absolute Gasteiger partial charge is 0.253 e. The van der Waals surface area contributed by atoms with E-state index in [1.165, 1.54) is 0 Å². The van der Waals surface area contributed by atoms with Gasteiger partial charge in [0.1, 0.15) is 0 Å². The van der Waals surface area contributed by atoms with Crippen LogP contribution in [0.2, 0.25) is 0 Å². The highest BCUT2D eigenvalue weighted by Crippen LogP contribution is 2.27. The highest BCUT2D eigenvalue weighted by atomic mass is 16.3. The van der Waals surface area contributed by atoms with Crippen molar-refractivity contribution in [3.05, 3.63) is 54.2 Å². The van der Waals surface area contributed by atoms with Crippen LogP contribution in [0, 0.1) is 0 Å². The quantitative estimate of drug-likeness (QED) is 0.711. The third-order valence-electron chi connectivity index (χ3n) is 4.89. The molecule has 1 fully saturated rings. The summed E-state index contributed by atoms with van der Waals surface area (Å²) >= 11 is 0. The number of aliphatic hydroxyl groups excluding tert-OH is 1. The first-order valence-electron chi connectivity index (χ1n) is 8.48. The average Bonchev–Trinajstić information content (AvgIpc) is 2.63. The Morgan fingerprint density at radius 3 is 2.62 bits per heavy atom. The van der Waals surface area contributed by atoms with Gasteiger partial charge in [0.05, 0.1) is 17.2 Å². The monoisotopic (exact) mass is 320 g/mol. The van der Waals surface area contributed by atoms with E-state index in [1.54, 1.807) is 6.20 Å². The standard InChI is InChI=1S/C20H20N2O2/c23-15-9-7-14(8-10-15)22-20(24)18-12-13-4-1-2-5-16(13)17-6-3-11-21-19(17)18/h1-6,11-12,14-15,23H,7-10H2,(H,22,24). The van der Waals surface area contributed by atoms with Crippen molar-refractivity contribution in [3.8, 4) is 0 Å². The molecule has 1 aromatic heterocycles. The Morgan fingerprint density at radius 2 is 1.79 bits per heavy atom. The zero-order chi connectivity index (χ0) is 16.5. The molecule has 0 saturated heterocycles. The van der Waals surface area contributed by atoms with Crippen LogP contribution in [0.3, 0.4) is 0 Å². The maximum atomic E-state index is 12.8. The Hall–Kier alpha value is -2.46. The Kier molecular flexibility index (Phi) is 3.90. The lowest BCUT2D eigenvalue weighted by Crippen LogP contribution is -2.38. The molecule has 1 heterocycles. The molecule has 24 heavy (non-hydrogen) atoms. The number of aromatic nitrogens is 1. The average molecular weight is 320 g/mol. The number of nitrogens with one attached hydrogen (secondary N) is 1. The summed E-state index contributed by atoms with van der Waals surface area (Å²) in [5, 5.41) is 15.9. The summed E-state index contributed by atoms with van der Waals surface area (Å²) in [4.78, 5) is 17.3. The summed E-state index contributed by atoms with van der Waals surface area (Å²) in [5.74, 6) is -0.0779. The van der Waals surface area contributed by atoms with Crippen LogP contribution in [0.4, 0.5) is 0 Å². The number of benzene rings is 2. The van der Waals surface area contributed by atoms with E-state index < -0.39 is 0 Å². The summed E-state index contributed by atoms with van der Waals surface area (Å²) in [6, 6.07) is 14.0. The molecule has 1 aliphatic carbocycles. The fourth-order valence-corrected chi connectivity index (χ4v) is 3.59. The molecule has 0 radical (unpaired) electrons. The number of aliphatic hydroxyl groups is 1. The summed E-state index contributed by atoms with van der Waals surface area (Å²) in [7, 11) is 0. The van der Waals surface area contributed by atoms with Crippen molar-refractivity contribution < 1.29 is 9.90 Å². The molecule has 2 N–H and O–H groups in total. The normalized spacial score (nSPS) is 21.0. The lowest BCUT2D eigenvalue weighted by molar-refractivity contribution is 0.0869. The van der Waals surface area contributed by atoms with Crippen molar-refractivity contribution in [3.63, 3.8) is 0 Å². The van der Waals surface area contributed by atoms with Gasteiger partial charge in [-0.1, -0.05) is 30.3 Å². The second kappa shape index (κ2) is 6.21. The number of fused-ring (bicyclic) bond motifs is 3. The molecule has 0 bridgehead atoms. The first kappa shape index (κ1) is 15.1. The van der Waals surface area contributed by atoms with Crippen LogP contribution in [0.15, 0.2) is 48.7 Å². The van der Waals surface area contributed by atoms with E-state index >= 15 is 0 Å². The van der Waals surface area contributed by atoms with E-state index in [0.717, 1.165) is 47.4 Å². The van der Waals surface area contributed by atoms with Gasteiger partial charge >= 0.3 is 0 Å². The zero-order valence-corrected chi connectivity index (χ0v) is 13.4. The number of nitrogens with zero attached hydrogens (tertiary/aromatic N) is 1. The maximum Gasteiger partial charge on any atom is 0.253 e. The molecule has 0 spiro atoms. The van der Waals surface area contributed by atoms with Gasteiger partial charge in [-0.2, -0.15) is 0 Å². The number of rotatable bonds is 2. The van der Waals surface area contributed by atoms with Crippen LogP contribution in [-0.2, 0) is 0 Å². The molecule has 0 aliphatic heterocycles. The molecule has 1 saturated carbocycles. The number of carbonyl (C=O) groups is 1. The second-order valence-corrected chi connectivity index (χ2v) is 6.52. The van der Waals surface area contributed by atoms with Gasteiger partial charge in [-0.3, -0.25) is 9.78 Å². The van der Waals surface area contributed by atoms with Gasteiger partial charge in [-0.25, -0.2) is 0 Å². The van der Waals surface area contributed by atoms with Crippen LogP contribution in [0.5, 0.6) is 0 Å². The Morgan fingerprint density at radius 1 is 1.04 bits per heavy atom. The van der Waals surface area contributed by atoms with Crippen LogP contribution < -0.4 is 5.32 Å². The SMILES string of the molecule is O=C(NC1CCC(O)CC1)c1cc2ccccc2c2cccnc12. The highest BCUT2D eigenvalue weighted by Gasteiger charge is 2.22. The fourth-order valence-electron chi connectivity index (χ4n) is 3.59. The van der Waals surface area contributed by atoms with E-state index in [2.05, 4.69) is 16.4 Å². The molecule has 3 aromatic rings. The van der Waals surface area contributed by atoms with Crippen LogP contribution in [0.1, 0.15) is 36.0 Å². The molecule has 122 valence electrons. The molecule has 2 aromatic carbocycles. The minimum atomic E-state index is -0.221. The molecule has 0 unspecified atom stereocenters. The van der Waals surface area contributed by atoms with E-state index in [-0.39, 0.29) is 18.1 Å². The number of hydrogen-bond acceptors (Lipinski definition) is 3. The minimum absolute atomic E-state index is 0.0779. The third kappa shape index (κ3) is 2.74. The molecule has 0 atom stereocenters. The van der Waals surface area contributed by atoms with E-state index in [4.69, 9.17) is 0 Å². The summed E-state index contributed by atoms with van der Waals surface area (Å²) in [5.41, 5.74) is 1.36. The summed E-state index contributed by atoms with van der Waals surface area (Å²) in [6.07, 6.45) is 4.66. The Balaban J connectivity index is 1.73. The van der Waals surface area contributed by atoms with E-state index in [1.807, 2.05) is 36.4 Å². The van der Waals surface area contributed by atoms with Crippen molar-refractivity contribution in [1.82, 2.24) is 10.3 Å². The number of hydrogen-bond donors (Lipinski definition) is 2. The van der Waals surface area contributed by atoms with Gasteiger partial charge in [-0.05, 0) is 48.6 Å². The Bertz CT molecular complexity index is 898. The van der Waals surface area contributed by atoms with Gasteiger partial charge in [-0.15, -0.1) is 0 Å². The van der Waals surface area contributed by atoms with Crippen molar-refractivity contribution >= 4 is 27.6 Å². The highest BCUT2D eigenvalue weighted by molar-refractivity contribution is 6.15. The predicted molar refractivity (Wildman–Crippen MR) is 95.0 cm³/mol. The van der Waals surface area contributed by atoms with Crippen LogP contribution in [0.25, 0.3) is 21.7 Å². The molecule has 4 nitrogen and oxygen atoms in total. The van der Waals surface area contributed by atoms with Crippen molar-refractivity contribution in [1.29, 1.82) is 0 Å². The number of amides is 1. The maximum absolute atomic E-state index is 12.8. The Labute approximate surface area is 140 Å². The molecule has 1 amide bonds. The molecule has 4 rings (SSSR count). The van der Waals surface area contributed by atoms with Gasteiger partial charge in [0.15, 0.2) is 0 Å². The topological polar surface area (TPSA) is 62.2 Å². The summed E-state index contributed by atoms with van der Waals surface area (Å²) in [6.45, 7) is 0. The van der Waals surface area contributed by atoms with Crippen LogP contribution in [-0.4, -0.2) is 28.1 Å². The lowest BCUT2D eigenvalue weighted by atomic mass is 9.92. The van der Waals surface area contributed by atoms with Crippen molar-refractivity contribution in [2.75, 3.05) is 0 Å².